The Kier molecular flexibility index (Phi) is 9.70. The van der Waals surface area contributed by atoms with Gasteiger partial charge in [0.25, 0.3) is 0 Å². The summed E-state index contributed by atoms with van der Waals surface area (Å²) in [7, 11) is 0. The van der Waals surface area contributed by atoms with Crippen LogP contribution in [0.1, 0.15) is 0 Å². The molecule has 0 fully saturated rings. The molecule has 13 aromatic rings. The molecule has 2 nitrogen and oxygen atoms in total. The van der Waals surface area contributed by atoms with Crippen LogP contribution in [0.15, 0.2) is 228 Å². The van der Waals surface area contributed by atoms with Crippen molar-refractivity contribution in [3.63, 3.8) is 0 Å². The van der Waals surface area contributed by atoms with Gasteiger partial charge in [0.15, 0.2) is 0 Å². The van der Waals surface area contributed by atoms with Crippen molar-refractivity contribution in [2.45, 2.75) is 0 Å². The third-order valence-electron chi connectivity index (χ3n) is 14.3. The first kappa shape index (κ1) is 41.7. The molecule has 0 amide bonds. The topological polar surface area (TPSA) is 18.5 Å². The summed E-state index contributed by atoms with van der Waals surface area (Å²) in [5.41, 5.74) is 18.2. The van der Waals surface area contributed by atoms with Crippen LogP contribution in [0.5, 0.6) is 23.0 Å². The predicted octanol–water partition coefficient (Wildman–Crippen LogP) is 21.1. The molecule has 0 bridgehead atoms. The fourth-order valence-corrected chi connectivity index (χ4v) is 13.8. The third-order valence-corrected chi connectivity index (χ3v) is 18.0. The number of benzene rings is 9. The van der Waals surface area contributed by atoms with Crippen LogP contribution in [0.2, 0.25) is 0 Å². The standard InChI is InChI=1S/C66H38O2S4/c1-2-8-50-49(7-1)61-53-37-47(39-13-21-43(22-14-39)57-9-3-31-69-57)35-51(41-17-25-45(26-18-41)59-11-5-33-71-59)65(53)67-55-29-30-56-64(63(55)61)62(50)54-38-48(40-15-23-44(24-16-40)58-10-4-32-70-58)36-52(66(54)68-56)42-19-27-46(28-20-42)60-12-6-34-72-60/h1-38H. The van der Waals surface area contributed by atoms with Gasteiger partial charge in [-0.3, -0.25) is 0 Å². The fraction of sp³-hybridized carbons (Fsp3) is 0. The first-order chi connectivity index (χ1) is 35.7. The van der Waals surface area contributed by atoms with Crippen LogP contribution in [-0.2, 0) is 0 Å². The number of hydrogen-bond donors (Lipinski definition) is 0. The molecule has 0 aliphatic carbocycles. The molecule has 338 valence electrons. The van der Waals surface area contributed by atoms with Crippen molar-refractivity contribution >= 4 is 66.9 Å². The van der Waals surface area contributed by atoms with E-state index in [0.29, 0.717) is 0 Å². The lowest BCUT2D eigenvalue weighted by molar-refractivity contribution is 0.477. The zero-order valence-corrected chi connectivity index (χ0v) is 41.7. The summed E-state index contributed by atoms with van der Waals surface area (Å²) in [6, 6.07) is 75.7. The lowest BCUT2D eigenvalue weighted by Gasteiger charge is -2.31. The summed E-state index contributed by atoms with van der Waals surface area (Å²) in [4.78, 5) is 5.03. The molecule has 0 atom stereocenters. The van der Waals surface area contributed by atoms with Crippen LogP contribution in [0, 0.1) is 0 Å². The van der Waals surface area contributed by atoms with Gasteiger partial charge in [-0.1, -0.05) is 146 Å². The monoisotopic (exact) mass is 990 g/mol. The highest BCUT2D eigenvalue weighted by atomic mass is 32.1. The van der Waals surface area contributed by atoms with Crippen LogP contribution in [0.25, 0.3) is 130 Å². The molecule has 72 heavy (non-hydrogen) atoms. The van der Waals surface area contributed by atoms with Gasteiger partial charge in [0.2, 0.25) is 0 Å². The van der Waals surface area contributed by atoms with E-state index in [2.05, 4.69) is 228 Å². The van der Waals surface area contributed by atoms with Gasteiger partial charge in [0, 0.05) is 63.7 Å². The normalized spacial score (nSPS) is 12.1. The zero-order valence-electron chi connectivity index (χ0n) is 38.4. The summed E-state index contributed by atoms with van der Waals surface area (Å²) < 4.78 is 14.7. The van der Waals surface area contributed by atoms with E-state index in [9.17, 15) is 0 Å². The van der Waals surface area contributed by atoms with Crippen molar-refractivity contribution in [1.82, 2.24) is 0 Å². The van der Waals surface area contributed by atoms with E-state index in [1.165, 1.54) is 52.5 Å². The summed E-state index contributed by atoms with van der Waals surface area (Å²) in [5.74, 6) is 3.36. The van der Waals surface area contributed by atoms with Gasteiger partial charge in [-0.2, -0.15) is 0 Å². The van der Waals surface area contributed by atoms with Crippen LogP contribution in [-0.4, -0.2) is 0 Å². The highest BCUT2D eigenvalue weighted by Crippen LogP contribution is 2.61. The van der Waals surface area contributed by atoms with E-state index in [1.807, 2.05) is 0 Å². The van der Waals surface area contributed by atoms with Crippen molar-refractivity contribution in [3.05, 3.63) is 228 Å². The van der Waals surface area contributed by atoms with Crippen molar-refractivity contribution in [2.75, 3.05) is 0 Å². The number of rotatable bonds is 8. The molecule has 4 aromatic heterocycles. The average Bonchev–Trinajstić information content (AvgIpc) is 4.32. The molecule has 9 aromatic carbocycles. The summed E-state index contributed by atoms with van der Waals surface area (Å²) in [6.45, 7) is 0. The molecule has 0 N–H and O–H groups in total. The maximum absolute atomic E-state index is 7.33. The number of thiophene rings is 4. The van der Waals surface area contributed by atoms with E-state index in [0.717, 1.165) is 101 Å². The molecule has 0 unspecified atom stereocenters. The first-order valence-electron chi connectivity index (χ1n) is 24.0. The molecular formula is C66H38O2S4. The molecule has 0 saturated heterocycles. The van der Waals surface area contributed by atoms with Gasteiger partial charge in [-0.25, -0.2) is 0 Å². The van der Waals surface area contributed by atoms with Crippen molar-refractivity contribution < 1.29 is 9.47 Å². The van der Waals surface area contributed by atoms with E-state index >= 15 is 0 Å². The van der Waals surface area contributed by atoms with E-state index in [4.69, 9.17) is 9.47 Å². The molecule has 0 spiro atoms. The van der Waals surface area contributed by atoms with Crippen LogP contribution >= 0.6 is 45.3 Å². The largest absolute Gasteiger partial charge is 0.455 e. The Morgan fingerprint density at radius 1 is 0.250 bits per heavy atom. The zero-order chi connectivity index (χ0) is 47.3. The second-order valence-electron chi connectivity index (χ2n) is 18.3. The minimum atomic E-state index is 0.824. The molecule has 6 heterocycles. The van der Waals surface area contributed by atoms with Crippen molar-refractivity contribution in [2.24, 2.45) is 0 Å². The molecule has 15 rings (SSSR count). The molecule has 0 saturated carbocycles. The number of hydrogen-bond acceptors (Lipinski definition) is 6. The maximum atomic E-state index is 7.33. The van der Waals surface area contributed by atoms with Gasteiger partial charge in [0.1, 0.15) is 23.0 Å². The van der Waals surface area contributed by atoms with Gasteiger partial charge in [0.05, 0.1) is 0 Å². The average molecular weight is 991 g/mol. The Labute approximate surface area is 432 Å². The highest BCUT2D eigenvalue weighted by molar-refractivity contribution is 7.14. The van der Waals surface area contributed by atoms with Crippen molar-refractivity contribution in [1.29, 1.82) is 0 Å². The van der Waals surface area contributed by atoms with Gasteiger partial charge >= 0.3 is 0 Å². The van der Waals surface area contributed by atoms with E-state index in [1.54, 1.807) is 45.3 Å². The second kappa shape index (κ2) is 16.8. The SMILES string of the molecule is c1csc(-c2ccc(-c3cc(-c4ccc(-c5cccs5)cc4)c4c(c3)-c3c5ccccc5c5c6c(ccc(c36)O4)Oc3c(-c4ccc(-c6cccs6)cc4)cc(-c4ccc(-c6cccs6)cc4)cc3-5)cc2)c1. The Bertz CT molecular complexity index is 3910. The highest BCUT2D eigenvalue weighted by Gasteiger charge is 2.34. The summed E-state index contributed by atoms with van der Waals surface area (Å²) in [6.07, 6.45) is 0. The third kappa shape index (κ3) is 6.79. The first-order valence-corrected chi connectivity index (χ1v) is 27.5. The van der Waals surface area contributed by atoms with Crippen molar-refractivity contribution in [3.8, 4) is 132 Å². The summed E-state index contributed by atoms with van der Waals surface area (Å²) in [5, 5.41) is 13.0. The summed E-state index contributed by atoms with van der Waals surface area (Å²) >= 11 is 7.05. The Morgan fingerprint density at radius 3 is 0.875 bits per heavy atom. The fourth-order valence-electron chi connectivity index (χ4n) is 10.9. The van der Waals surface area contributed by atoms with Gasteiger partial charge in [-0.05, 0) is 149 Å². The molecular weight excluding hydrogens is 953 g/mol. The molecule has 2 aliphatic rings. The molecule has 2 aliphatic heterocycles. The second-order valence-corrected chi connectivity index (χ2v) is 22.1. The number of ether oxygens (including phenoxy) is 2. The lowest BCUT2D eigenvalue weighted by atomic mass is 9.80. The predicted molar refractivity (Wildman–Crippen MR) is 307 cm³/mol. The Morgan fingerprint density at radius 2 is 0.556 bits per heavy atom. The minimum absolute atomic E-state index is 0.824. The van der Waals surface area contributed by atoms with Crippen LogP contribution in [0.3, 0.4) is 0 Å². The smallest absolute Gasteiger partial charge is 0.143 e. The maximum Gasteiger partial charge on any atom is 0.143 e. The van der Waals surface area contributed by atoms with Crippen LogP contribution < -0.4 is 9.47 Å². The minimum Gasteiger partial charge on any atom is -0.455 e. The molecule has 6 heteroatoms. The van der Waals surface area contributed by atoms with E-state index < -0.39 is 0 Å². The Balaban J connectivity index is 0.965. The van der Waals surface area contributed by atoms with Gasteiger partial charge < -0.3 is 9.47 Å². The van der Waals surface area contributed by atoms with E-state index in [-0.39, 0.29) is 0 Å². The quantitative estimate of drug-likeness (QED) is 0.141. The lowest BCUT2D eigenvalue weighted by Crippen LogP contribution is -2.06. The number of fused-ring (bicyclic) bond motifs is 7. The van der Waals surface area contributed by atoms with Gasteiger partial charge in [-0.15, -0.1) is 45.3 Å². The molecule has 0 radical (unpaired) electrons. The van der Waals surface area contributed by atoms with Crippen LogP contribution in [0.4, 0.5) is 0 Å². The Hall–Kier alpha value is -8.10.